The molecule has 2 aromatic carbocycles. The Morgan fingerprint density at radius 2 is 1.40 bits per heavy atom. The van der Waals surface area contributed by atoms with E-state index in [0.717, 1.165) is 11.8 Å². The summed E-state index contributed by atoms with van der Waals surface area (Å²) in [6.45, 7) is 0. The fourth-order valence-corrected chi connectivity index (χ4v) is 2.51. The molecule has 0 amide bonds. The molecule has 5 heteroatoms. The van der Waals surface area contributed by atoms with Crippen LogP contribution < -0.4 is 4.74 Å². The third-order valence-electron chi connectivity index (χ3n) is 3.06. The lowest BCUT2D eigenvalue weighted by molar-refractivity contribution is 0.220. The quantitative estimate of drug-likeness (QED) is 0.938. The van der Waals surface area contributed by atoms with Crippen LogP contribution in [0.25, 0.3) is 0 Å². The summed E-state index contributed by atoms with van der Waals surface area (Å²) < 4.78 is 27.8. The molecule has 0 bridgehead atoms. The van der Waals surface area contributed by atoms with Gasteiger partial charge in [-0.15, -0.1) is 0 Å². The van der Waals surface area contributed by atoms with Crippen LogP contribution in [0.3, 0.4) is 0 Å². The summed E-state index contributed by atoms with van der Waals surface area (Å²) in [7, 11) is -1.64. The number of aliphatic hydroxyl groups excluding tert-OH is 1. The summed E-state index contributed by atoms with van der Waals surface area (Å²) in [6.07, 6.45) is 0.358. The first-order valence-corrected chi connectivity index (χ1v) is 7.93. The zero-order valence-electron chi connectivity index (χ0n) is 11.3. The summed E-state index contributed by atoms with van der Waals surface area (Å²) in [5.41, 5.74) is 1.36. The van der Waals surface area contributed by atoms with Crippen molar-refractivity contribution in [1.82, 2.24) is 0 Å². The molecule has 0 radical (unpaired) electrons. The van der Waals surface area contributed by atoms with Gasteiger partial charge < -0.3 is 9.84 Å². The van der Waals surface area contributed by atoms with Gasteiger partial charge in [0, 0.05) is 6.26 Å². The SMILES string of the molecule is COc1ccc(C(O)c2ccc(S(C)(=O)=O)cc2)cc1. The zero-order valence-corrected chi connectivity index (χ0v) is 12.1. The molecular weight excluding hydrogens is 276 g/mol. The van der Waals surface area contributed by atoms with Gasteiger partial charge in [-0.05, 0) is 35.4 Å². The van der Waals surface area contributed by atoms with Crippen LogP contribution in [-0.4, -0.2) is 26.9 Å². The van der Waals surface area contributed by atoms with Crippen LogP contribution in [0, 0.1) is 0 Å². The minimum absolute atomic E-state index is 0.239. The van der Waals surface area contributed by atoms with Gasteiger partial charge in [-0.1, -0.05) is 24.3 Å². The topological polar surface area (TPSA) is 63.6 Å². The van der Waals surface area contributed by atoms with Gasteiger partial charge in [-0.2, -0.15) is 0 Å². The second-order valence-corrected chi connectivity index (χ2v) is 6.53. The number of ether oxygens (including phenoxy) is 1. The van der Waals surface area contributed by atoms with E-state index in [1.807, 2.05) is 0 Å². The second kappa shape index (κ2) is 5.64. The maximum Gasteiger partial charge on any atom is 0.175 e. The molecule has 20 heavy (non-hydrogen) atoms. The van der Waals surface area contributed by atoms with Gasteiger partial charge in [0.05, 0.1) is 12.0 Å². The first-order chi connectivity index (χ1) is 9.41. The molecule has 0 aliphatic rings. The molecule has 0 aliphatic heterocycles. The predicted molar refractivity (Wildman–Crippen MR) is 76.6 cm³/mol. The minimum Gasteiger partial charge on any atom is -0.497 e. The van der Waals surface area contributed by atoms with E-state index in [2.05, 4.69) is 0 Å². The van der Waals surface area contributed by atoms with Crippen LogP contribution in [0.5, 0.6) is 5.75 Å². The van der Waals surface area contributed by atoms with E-state index < -0.39 is 15.9 Å². The Balaban J connectivity index is 2.26. The lowest BCUT2D eigenvalue weighted by Crippen LogP contribution is -2.01. The summed E-state index contributed by atoms with van der Waals surface area (Å²) in [5.74, 6) is 0.716. The average Bonchev–Trinajstić information content (AvgIpc) is 2.46. The van der Waals surface area contributed by atoms with Crippen LogP contribution in [0.1, 0.15) is 17.2 Å². The first-order valence-electron chi connectivity index (χ1n) is 6.04. The van der Waals surface area contributed by atoms with Gasteiger partial charge in [0.25, 0.3) is 0 Å². The Morgan fingerprint density at radius 3 is 1.80 bits per heavy atom. The molecule has 1 N–H and O–H groups in total. The number of sulfone groups is 1. The molecule has 106 valence electrons. The molecule has 0 saturated heterocycles. The minimum atomic E-state index is -3.22. The number of hydrogen-bond donors (Lipinski definition) is 1. The Hall–Kier alpha value is -1.85. The van der Waals surface area contributed by atoms with Crippen LogP contribution >= 0.6 is 0 Å². The standard InChI is InChI=1S/C15H16O4S/c1-19-13-7-3-11(4-8-13)15(16)12-5-9-14(10-6-12)20(2,17)18/h3-10,15-16H,1-2H3. The number of methoxy groups -OCH3 is 1. The fraction of sp³-hybridized carbons (Fsp3) is 0.200. The monoisotopic (exact) mass is 292 g/mol. The maximum atomic E-state index is 11.4. The molecule has 0 heterocycles. The van der Waals surface area contributed by atoms with Crippen molar-refractivity contribution in [3.63, 3.8) is 0 Å². The molecule has 1 unspecified atom stereocenters. The van der Waals surface area contributed by atoms with Gasteiger partial charge in [0.2, 0.25) is 0 Å². The molecule has 0 aromatic heterocycles. The molecule has 0 spiro atoms. The highest BCUT2D eigenvalue weighted by Crippen LogP contribution is 2.24. The van der Waals surface area contributed by atoms with Crippen molar-refractivity contribution < 1.29 is 18.3 Å². The van der Waals surface area contributed by atoms with Crippen LogP contribution in [-0.2, 0) is 9.84 Å². The summed E-state index contributed by atoms with van der Waals surface area (Å²) in [4.78, 5) is 0.239. The van der Waals surface area contributed by atoms with Crippen molar-refractivity contribution in [2.24, 2.45) is 0 Å². The number of hydrogen-bond acceptors (Lipinski definition) is 4. The van der Waals surface area contributed by atoms with Crippen molar-refractivity contribution in [3.8, 4) is 5.75 Å². The summed E-state index contributed by atoms with van der Waals surface area (Å²) in [5, 5.41) is 10.3. The largest absolute Gasteiger partial charge is 0.497 e. The lowest BCUT2D eigenvalue weighted by Gasteiger charge is -2.12. The molecule has 2 rings (SSSR count). The van der Waals surface area contributed by atoms with Crippen molar-refractivity contribution in [2.45, 2.75) is 11.0 Å². The van der Waals surface area contributed by atoms with Gasteiger partial charge in [-0.25, -0.2) is 8.42 Å². The van der Waals surface area contributed by atoms with Crippen molar-refractivity contribution in [3.05, 3.63) is 59.7 Å². The van der Waals surface area contributed by atoms with Crippen LogP contribution in [0.15, 0.2) is 53.4 Å². The van der Waals surface area contributed by atoms with Gasteiger partial charge in [0.1, 0.15) is 11.9 Å². The average molecular weight is 292 g/mol. The summed E-state index contributed by atoms with van der Waals surface area (Å²) in [6, 6.07) is 13.3. The van der Waals surface area contributed by atoms with Crippen molar-refractivity contribution in [2.75, 3.05) is 13.4 Å². The Labute approximate surface area is 118 Å². The summed E-state index contributed by atoms with van der Waals surface area (Å²) >= 11 is 0. The Bertz CT molecular complexity index is 673. The molecule has 4 nitrogen and oxygen atoms in total. The highest BCUT2D eigenvalue weighted by molar-refractivity contribution is 7.90. The molecule has 2 aromatic rings. The molecule has 0 saturated carbocycles. The van der Waals surface area contributed by atoms with E-state index in [-0.39, 0.29) is 4.90 Å². The molecule has 0 aliphatic carbocycles. The van der Waals surface area contributed by atoms with E-state index in [4.69, 9.17) is 4.74 Å². The van der Waals surface area contributed by atoms with Gasteiger partial charge in [0.15, 0.2) is 9.84 Å². The first kappa shape index (κ1) is 14.6. The van der Waals surface area contributed by atoms with Crippen LogP contribution in [0.4, 0.5) is 0 Å². The van der Waals surface area contributed by atoms with Crippen molar-refractivity contribution in [1.29, 1.82) is 0 Å². The van der Waals surface area contributed by atoms with E-state index in [1.165, 1.54) is 12.1 Å². The third kappa shape index (κ3) is 3.18. The highest BCUT2D eigenvalue weighted by Gasteiger charge is 2.12. The Morgan fingerprint density at radius 1 is 0.950 bits per heavy atom. The van der Waals surface area contributed by atoms with E-state index in [0.29, 0.717) is 11.3 Å². The van der Waals surface area contributed by atoms with E-state index in [1.54, 1.807) is 43.5 Å². The normalized spacial score (nSPS) is 12.9. The molecule has 0 fully saturated rings. The smallest absolute Gasteiger partial charge is 0.175 e. The molecule has 1 atom stereocenters. The van der Waals surface area contributed by atoms with Gasteiger partial charge >= 0.3 is 0 Å². The van der Waals surface area contributed by atoms with Crippen molar-refractivity contribution >= 4 is 9.84 Å². The van der Waals surface area contributed by atoms with Gasteiger partial charge in [-0.3, -0.25) is 0 Å². The number of benzene rings is 2. The zero-order chi connectivity index (χ0) is 14.8. The Kier molecular flexibility index (Phi) is 4.11. The maximum absolute atomic E-state index is 11.4. The third-order valence-corrected chi connectivity index (χ3v) is 4.18. The van der Waals surface area contributed by atoms with E-state index in [9.17, 15) is 13.5 Å². The van der Waals surface area contributed by atoms with E-state index >= 15 is 0 Å². The number of rotatable bonds is 4. The second-order valence-electron chi connectivity index (χ2n) is 4.52. The highest BCUT2D eigenvalue weighted by atomic mass is 32.2. The fourth-order valence-electron chi connectivity index (χ4n) is 1.88. The lowest BCUT2D eigenvalue weighted by atomic mass is 10.0. The van der Waals surface area contributed by atoms with Crippen LogP contribution in [0.2, 0.25) is 0 Å². The predicted octanol–water partition coefficient (Wildman–Crippen LogP) is 2.18. The molecular formula is C15H16O4S. The number of aliphatic hydroxyl groups is 1.